The zero-order valence-corrected chi connectivity index (χ0v) is 14.0. The van der Waals surface area contributed by atoms with Crippen molar-refractivity contribution in [3.8, 4) is 0 Å². The molecule has 2 aromatic carbocycles. The Bertz CT molecular complexity index is 899. The minimum atomic E-state index is -0.152. The second kappa shape index (κ2) is 7.57. The van der Waals surface area contributed by atoms with Crippen LogP contribution in [-0.2, 0) is 17.9 Å². The summed E-state index contributed by atoms with van der Waals surface area (Å²) < 4.78 is 0. The molecule has 0 unspecified atom stereocenters. The highest BCUT2D eigenvalue weighted by molar-refractivity contribution is 5.94. The molecule has 2 N–H and O–H groups in total. The summed E-state index contributed by atoms with van der Waals surface area (Å²) in [5.41, 5.74) is 2.36. The predicted octanol–water partition coefficient (Wildman–Crippen LogP) is 2.80. The van der Waals surface area contributed by atoms with Crippen molar-refractivity contribution in [2.75, 3.05) is 0 Å². The number of amides is 2. The fourth-order valence-electron chi connectivity index (χ4n) is 2.59. The number of pyridine rings is 1. The summed E-state index contributed by atoms with van der Waals surface area (Å²) in [6.07, 6.45) is 1.75. The van der Waals surface area contributed by atoms with Gasteiger partial charge >= 0.3 is 0 Å². The first-order valence-electron chi connectivity index (χ1n) is 8.07. The third-order valence-electron chi connectivity index (χ3n) is 3.93. The molecule has 5 heteroatoms. The number of hydrogen-bond acceptors (Lipinski definition) is 3. The highest BCUT2D eigenvalue weighted by atomic mass is 16.2. The number of fused-ring (bicyclic) bond motifs is 1. The number of nitrogens with zero attached hydrogens (tertiary/aromatic N) is 1. The monoisotopic (exact) mass is 333 g/mol. The molecular weight excluding hydrogens is 314 g/mol. The van der Waals surface area contributed by atoms with Gasteiger partial charge in [0.15, 0.2) is 0 Å². The summed E-state index contributed by atoms with van der Waals surface area (Å²) in [5, 5.41) is 7.77. The molecule has 3 aromatic rings. The fourth-order valence-corrected chi connectivity index (χ4v) is 2.59. The summed E-state index contributed by atoms with van der Waals surface area (Å²) >= 11 is 0. The van der Waals surface area contributed by atoms with Gasteiger partial charge in [0, 0.05) is 30.6 Å². The summed E-state index contributed by atoms with van der Waals surface area (Å²) in [7, 11) is 0. The standard InChI is InChI=1S/C20H19N3O2/c1-14(24)22-12-15-6-8-17(9-7-15)20(25)23-13-19-18-5-3-2-4-16(18)10-11-21-19/h2-11H,12-13H2,1H3,(H,22,24)(H,23,25). The molecular formula is C20H19N3O2. The van der Waals surface area contributed by atoms with Crippen molar-refractivity contribution in [2.45, 2.75) is 20.0 Å². The van der Waals surface area contributed by atoms with Crippen LogP contribution in [0.3, 0.4) is 0 Å². The topological polar surface area (TPSA) is 71.1 Å². The summed E-state index contributed by atoms with van der Waals surface area (Å²) in [6.45, 7) is 2.30. The Balaban J connectivity index is 1.65. The lowest BCUT2D eigenvalue weighted by molar-refractivity contribution is -0.119. The van der Waals surface area contributed by atoms with Crippen molar-refractivity contribution in [2.24, 2.45) is 0 Å². The Morgan fingerprint density at radius 3 is 2.44 bits per heavy atom. The van der Waals surface area contributed by atoms with E-state index in [4.69, 9.17) is 0 Å². The molecule has 0 aliphatic rings. The minimum Gasteiger partial charge on any atom is -0.352 e. The van der Waals surface area contributed by atoms with Crippen molar-refractivity contribution in [3.63, 3.8) is 0 Å². The third-order valence-corrected chi connectivity index (χ3v) is 3.93. The van der Waals surface area contributed by atoms with Gasteiger partial charge in [0.25, 0.3) is 5.91 Å². The molecule has 5 nitrogen and oxygen atoms in total. The average Bonchev–Trinajstić information content (AvgIpc) is 2.64. The lowest BCUT2D eigenvalue weighted by atomic mass is 10.1. The Labute approximate surface area is 146 Å². The largest absolute Gasteiger partial charge is 0.352 e. The molecule has 0 aliphatic carbocycles. The highest BCUT2D eigenvalue weighted by Gasteiger charge is 2.07. The third kappa shape index (κ3) is 4.20. The van der Waals surface area contributed by atoms with Crippen LogP contribution in [0.15, 0.2) is 60.8 Å². The van der Waals surface area contributed by atoms with Crippen LogP contribution < -0.4 is 10.6 Å². The maximum atomic E-state index is 12.3. The summed E-state index contributed by atoms with van der Waals surface area (Å²) in [6, 6.07) is 17.1. The predicted molar refractivity (Wildman–Crippen MR) is 96.9 cm³/mol. The van der Waals surface area contributed by atoms with E-state index in [2.05, 4.69) is 15.6 Å². The van der Waals surface area contributed by atoms with Crippen LogP contribution in [0.5, 0.6) is 0 Å². The zero-order chi connectivity index (χ0) is 17.6. The first kappa shape index (κ1) is 16.6. The minimum absolute atomic E-state index is 0.0793. The Morgan fingerprint density at radius 1 is 0.920 bits per heavy atom. The SMILES string of the molecule is CC(=O)NCc1ccc(C(=O)NCc2nccc3ccccc23)cc1. The molecule has 0 fully saturated rings. The van der Waals surface area contributed by atoms with Gasteiger partial charge < -0.3 is 10.6 Å². The van der Waals surface area contributed by atoms with E-state index >= 15 is 0 Å². The number of carbonyl (C=O) groups is 2. The molecule has 0 aliphatic heterocycles. The number of aromatic nitrogens is 1. The van der Waals surface area contributed by atoms with Gasteiger partial charge in [0.05, 0.1) is 12.2 Å². The second-order valence-electron chi connectivity index (χ2n) is 5.77. The van der Waals surface area contributed by atoms with Gasteiger partial charge in [0.1, 0.15) is 0 Å². The average molecular weight is 333 g/mol. The molecule has 1 aromatic heterocycles. The van der Waals surface area contributed by atoms with Gasteiger partial charge in [-0.25, -0.2) is 0 Å². The fraction of sp³-hybridized carbons (Fsp3) is 0.150. The van der Waals surface area contributed by atoms with Crippen molar-refractivity contribution in [1.82, 2.24) is 15.6 Å². The van der Waals surface area contributed by atoms with Gasteiger partial charge in [0.2, 0.25) is 5.91 Å². The maximum Gasteiger partial charge on any atom is 0.251 e. The zero-order valence-electron chi connectivity index (χ0n) is 14.0. The van der Waals surface area contributed by atoms with E-state index in [0.29, 0.717) is 18.7 Å². The molecule has 25 heavy (non-hydrogen) atoms. The van der Waals surface area contributed by atoms with Crippen molar-refractivity contribution in [3.05, 3.63) is 77.6 Å². The van der Waals surface area contributed by atoms with E-state index in [0.717, 1.165) is 22.0 Å². The molecule has 0 saturated carbocycles. The molecule has 0 saturated heterocycles. The van der Waals surface area contributed by atoms with Gasteiger partial charge in [-0.2, -0.15) is 0 Å². The van der Waals surface area contributed by atoms with E-state index in [1.807, 2.05) is 42.5 Å². The van der Waals surface area contributed by atoms with Gasteiger partial charge in [-0.05, 0) is 29.1 Å². The number of benzene rings is 2. The van der Waals surface area contributed by atoms with E-state index < -0.39 is 0 Å². The van der Waals surface area contributed by atoms with Crippen LogP contribution in [-0.4, -0.2) is 16.8 Å². The number of carbonyl (C=O) groups excluding carboxylic acids is 2. The van der Waals surface area contributed by atoms with Crippen LogP contribution in [0.2, 0.25) is 0 Å². The number of rotatable bonds is 5. The quantitative estimate of drug-likeness (QED) is 0.754. The van der Waals surface area contributed by atoms with Gasteiger partial charge in [-0.1, -0.05) is 36.4 Å². The van der Waals surface area contributed by atoms with E-state index in [1.54, 1.807) is 18.3 Å². The maximum absolute atomic E-state index is 12.3. The van der Waals surface area contributed by atoms with Crippen LogP contribution in [0.25, 0.3) is 10.8 Å². The first-order chi connectivity index (χ1) is 12.1. The first-order valence-corrected chi connectivity index (χ1v) is 8.07. The van der Waals surface area contributed by atoms with Crippen LogP contribution in [0.4, 0.5) is 0 Å². The van der Waals surface area contributed by atoms with Gasteiger partial charge in [-0.3, -0.25) is 14.6 Å². The smallest absolute Gasteiger partial charge is 0.251 e. The van der Waals surface area contributed by atoms with Crippen LogP contribution >= 0.6 is 0 Å². The molecule has 0 atom stereocenters. The number of nitrogens with one attached hydrogen (secondary N) is 2. The van der Waals surface area contributed by atoms with Gasteiger partial charge in [-0.15, -0.1) is 0 Å². The van der Waals surface area contributed by atoms with Crippen LogP contribution in [0.1, 0.15) is 28.5 Å². The molecule has 2 amide bonds. The summed E-state index contributed by atoms with van der Waals surface area (Å²) in [5.74, 6) is -0.231. The Kier molecular flexibility index (Phi) is 5.04. The van der Waals surface area contributed by atoms with Crippen molar-refractivity contribution < 1.29 is 9.59 Å². The van der Waals surface area contributed by atoms with E-state index in [1.165, 1.54) is 6.92 Å². The summed E-state index contributed by atoms with van der Waals surface area (Å²) in [4.78, 5) is 27.6. The Morgan fingerprint density at radius 2 is 1.68 bits per heavy atom. The highest BCUT2D eigenvalue weighted by Crippen LogP contribution is 2.16. The normalized spacial score (nSPS) is 10.4. The molecule has 1 heterocycles. The lowest BCUT2D eigenvalue weighted by Crippen LogP contribution is -2.23. The molecule has 0 radical (unpaired) electrons. The lowest BCUT2D eigenvalue weighted by Gasteiger charge is -2.08. The molecule has 126 valence electrons. The van der Waals surface area contributed by atoms with Crippen LogP contribution in [0, 0.1) is 0 Å². The number of hydrogen-bond donors (Lipinski definition) is 2. The van der Waals surface area contributed by atoms with Crippen molar-refractivity contribution >= 4 is 22.6 Å². The van der Waals surface area contributed by atoms with E-state index in [9.17, 15) is 9.59 Å². The second-order valence-corrected chi connectivity index (χ2v) is 5.77. The molecule has 3 rings (SSSR count). The molecule has 0 spiro atoms. The molecule has 0 bridgehead atoms. The van der Waals surface area contributed by atoms with E-state index in [-0.39, 0.29) is 11.8 Å². The van der Waals surface area contributed by atoms with Crippen molar-refractivity contribution in [1.29, 1.82) is 0 Å². The Hall–Kier alpha value is -3.21.